The van der Waals surface area contributed by atoms with Crippen molar-refractivity contribution in [2.24, 2.45) is 0 Å². The summed E-state index contributed by atoms with van der Waals surface area (Å²) < 4.78 is 46.8. The summed E-state index contributed by atoms with van der Waals surface area (Å²) >= 11 is 0. The third-order valence-electron chi connectivity index (χ3n) is 4.75. The quantitative estimate of drug-likeness (QED) is 0.799. The Hall–Kier alpha value is -2.25. The van der Waals surface area contributed by atoms with Gasteiger partial charge in [0.05, 0.1) is 7.11 Å². The van der Waals surface area contributed by atoms with Gasteiger partial charge in [0, 0.05) is 30.6 Å². The maximum absolute atomic E-state index is 12.5. The summed E-state index contributed by atoms with van der Waals surface area (Å²) in [5.74, 6) is 0.577. The second kappa shape index (κ2) is 8.63. The zero-order chi connectivity index (χ0) is 19.3. The fourth-order valence-electron chi connectivity index (χ4n) is 3.48. The number of halogens is 3. The number of hydrogen-bond donors (Lipinski definition) is 2. The van der Waals surface area contributed by atoms with E-state index in [0.717, 1.165) is 19.5 Å². The van der Waals surface area contributed by atoms with Crippen LogP contribution in [-0.2, 0) is 6.54 Å². The summed E-state index contributed by atoms with van der Waals surface area (Å²) in [7, 11) is 1.50. The predicted molar refractivity (Wildman–Crippen MR) is 97.0 cm³/mol. The van der Waals surface area contributed by atoms with Gasteiger partial charge in [-0.15, -0.1) is 13.2 Å². The molecule has 2 aromatic rings. The number of nitrogens with one attached hydrogen (secondary N) is 2. The molecule has 7 heteroatoms. The molecule has 1 aliphatic rings. The van der Waals surface area contributed by atoms with Crippen molar-refractivity contribution < 1.29 is 22.6 Å². The van der Waals surface area contributed by atoms with Gasteiger partial charge in [-0.3, -0.25) is 0 Å². The van der Waals surface area contributed by atoms with Crippen LogP contribution >= 0.6 is 0 Å². The predicted octanol–water partition coefficient (Wildman–Crippen LogP) is 3.83. The minimum Gasteiger partial charge on any atom is -0.496 e. The van der Waals surface area contributed by atoms with Gasteiger partial charge in [0.15, 0.2) is 0 Å². The van der Waals surface area contributed by atoms with Crippen molar-refractivity contribution in [1.29, 1.82) is 0 Å². The van der Waals surface area contributed by atoms with Crippen molar-refractivity contribution in [1.82, 2.24) is 10.6 Å². The smallest absolute Gasteiger partial charge is 0.496 e. The molecule has 1 saturated heterocycles. The molecule has 1 heterocycles. The van der Waals surface area contributed by atoms with E-state index in [9.17, 15) is 13.2 Å². The summed E-state index contributed by atoms with van der Waals surface area (Å²) in [6.07, 6.45) is -3.78. The molecular weight excluding hydrogens is 357 g/mol. The van der Waals surface area contributed by atoms with Crippen molar-refractivity contribution in [2.75, 3.05) is 20.2 Å². The third-order valence-corrected chi connectivity index (χ3v) is 4.75. The molecule has 0 amide bonds. The first-order chi connectivity index (χ1) is 13.0. The highest BCUT2D eigenvalue weighted by molar-refractivity contribution is 5.40. The number of alkyl halides is 3. The van der Waals surface area contributed by atoms with Crippen molar-refractivity contribution in [3.63, 3.8) is 0 Å². The summed E-state index contributed by atoms with van der Waals surface area (Å²) in [5.41, 5.74) is 1.87. The molecule has 0 bridgehead atoms. The average molecular weight is 380 g/mol. The van der Waals surface area contributed by atoms with Gasteiger partial charge in [-0.05, 0) is 36.7 Å². The summed E-state index contributed by atoms with van der Waals surface area (Å²) in [4.78, 5) is 0. The van der Waals surface area contributed by atoms with Crippen LogP contribution in [0, 0.1) is 0 Å². The van der Waals surface area contributed by atoms with Crippen LogP contribution in [0.4, 0.5) is 13.2 Å². The molecule has 2 N–H and O–H groups in total. The van der Waals surface area contributed by atoms with Crippen molar-refractivity contribution in [3.8, 4) is 11.5 Å². The minimum absolute atomic E-state index is 0.213. The number of piperidine rings is 1. The molecule has 0 radical (unpaired) electrons. The molecule has 2 atom stereocenters. The van der Waals surface area contributed by atoms with E-state index in [-0.39, 0.29) is 11.8 Å². The van der Waals surface area contributed by atoms with E-state index < -0.39 is 6.36 Å². The highest BCUT2D eigenvalue weighted by atomic mass is 19.4. The molecule has 2 aromatic carbocycles. The first-order valence-corrected chi connectivity index (χ1v) is 8.88. The first-order valence-electron chi connectivity index (χ1n) is 8.88. The van der Waals surface area contributed by atoms with Gasteiger partial charge in [-0.2, -0.15) is 0 Å². The zero-order valence-corrected chi connectivity index (χ0v) is 15.1. The number of methoxy groups -OCH3 is 1. The third kappa shape index (κ3) is 5.37. The van der Waals surface area contributed by atoms with Crippen LogP contribution in [0.5, 0.6) is 11.5 Å². The van der Waals surface area contributed by atoms with E-state index >= 15 is 0 Å². The van der Waals surface area contributed by atoms with Crippen LogP contribution in [0.25, 0.3) is 0 Å². The van der Waals surface area contributed by atoms with E-state index in [1.165, 1.54) is 30.9 Å². The van der Waals surface area contributed by atoms with Gasteiger partial charge in [-0.25, -0.2) is 0 Å². The lowest BCUT2D eigenvalue weighted by molar-refractivity contribution is -0.274. The van der Waals surface area contributed by atoms with E-state index in [2.05, 4.69) is 27.5 Å². The van der Waals surface area contributed by atoms with Crippen LogP contribution < -0.4 is 20.1 Å². The van der Waals surface area contributed by atoms with Crippen LogP contribution in [0.1, 0.15) is 23.5 Å². The topological polar surface area (TPSA) is 42.5 Å². The molecule has 0 saturated carbocycles. The van der Waals surface area contributed by atoms with Gasteiger partial charge in [0.2, 0.25) is 0 Å². The molecule has 0 spiro atoms. The number of hydrogen-bond acceptors (Lipinski definition) is 4. The SMILES string of the molecule is COc1ccc(OC(F)(F)F)cc1CN[C@H]1CCNC[C@H]1c1ccccc1. The van der Waals surface area contributed by atoms with Gasteiger partial charge >= 0.3 is 6.36 Å². The van der Waals surface area contributed by atoms with E-state index in [1.807, 2.05) is 18.2 Å². The standard InChI is InChI=1S/C20H23F3N2O2/c1-26-19-8-7-16(27-20(21,22)23)11-15(19)12-25-18-9-10-24-13-17(18)14-5-3-2-4-6-14/h2-8,11,17-18,24-25H,9-10,12-13H2,1H3/t17-,18-/m0/s1. The maximum Gasteiger partial charge on any atom is 0.573 e. The zero-order valence-electron chi connectivity index (χ0n) is 15.1. The first kappa shape index (κ1) is 19.5. The van der Waals surface area contributed by atoms with Gasteiger partial charge in [-0.1, -0.05) is 30.3 Å². The Morgan fingerprint density at radius 2 is 1.93 bits per heavy atom. The van der Waals surface area contributed by atoms with Gasteiger partial charge in [0.25, 0.3) is 0 Å². The number of ether oxygens (including phenoxy) is 2. The molecule has 1 fully saturated rings. The lowest BCUT2D eigenvalue weighted by Crippen LogP contribution is -2.45. The fourth-order valence-corrected chi connectivity index (χ4v) is 3.48. The second-order valence-corrected chi connectivity index (χ2v) is 6.52. The second-order valence-electron chi connectivity index (χ2n) is 6.52. The minimum atomic E-state index is -4.72. The molecule has 0 aliphatic carbocycles. The van der Waals surface area contributed by atoms with Gasteiger partial charge < -0.3 is 20.1 Å². The van der Waals surface area contributed by atoms with E-state index in [0.29, 0.717) is 23.8 Å². The largest absolute Gasteiger partial charge is 0.573 e. The Bertz CT molecular complexity index is 738. The van der Waals surface area contributed by atoms with E-state index in [4.69, 9.17) is 4.74 Å². The molecule has 1 aliphatic heterocycles. The van der Waals surface area contributed by atoms with Crippen molar-refractivity contribution in [3.05, 3.63) is 59.7 Å². The fraction of sp³-hybridized carbons (Fsp3) is 0.400. The monoisotopic (exact) mass is 380 g/mol. The Labute approximate surface area is 156 Å². The number of benzene rings is 2. The molecule has 3 rings (SSSR count). The van der Waals surface area contributed by atoms with Crippen molar-refractivity contribution in [2.45, 2.75) is 31.3 Å². The van der Waals surface area contributed by atoms with Gasteiger partial charge in [0.1, 0.15) is 11.5 Å². The van der Waals surface area contributed by atoms with Crippen LogP contribution in [-0.4, -0.2) is 32.6 Å². The van der Waals surface area contributed by atoms with Crippen LogP contribution in [0.3, 0.4) is 0 Å². The lowest BCUT2D eigenvalue weighted by atomic mass is 9.87. The Morgan fingerprint density at radius 3 is 2.63 bits per heavy atom. The Balaban J connectivity index is 1.73. The molecule has 27 heavy (non-hydrogen) atoms. The van der Waals surface area contributed by atoms with E-state index in [1.54, 1.807) is 0 Å². The summed E-state index contributed by atoms with van der Waals surface area (Å²) in [6, 6.07) is 14.6. The van der Waals surface area contributed by atoms with Crippen LogP contribution in [0.15, 0.2) is 48.5 Å². The molecule has 0 unspecified atom stereocenters. The Morgan fingerprint density at radius 1 is 1.15 bits per heavy atom. The molecule has 4 nitrogen and oxygen atoms in total. The molecule has 146 valence electrons. The summed E-state index contributed by atoms with van der Waals surface area (Å²) in [6.45, 7) is 2.15. The van der Waals surface area contributed by atoms with Crippen LogP contribution in [0.2, 0.25) is 0 Å². The number of rotatable bonds is 6. The summed E-state index contributed by atoms with van der Waals surface area (Å²) in [5, 5.41) is 6.90. The Kier molecular flexibility index (Phi) is 6.23. The highest BCUT2D eigenvalue weighted by Crippen LogP contribution is 2.29. The molecular formula is C20H23F3N2O2. The maximum atomic E-state index is 12.5. The normalized spacial score (nSPS) is 20.3. The highest BCUT2D eigenvalue weighted by Gasteiger charge is 2.31. The average Bonchev–Trinajstić information content (AvgIpc) is 2.66. The molecule has 0 aromatic heterocycles. The lowest BCUT2D eigenvalue weighted by Gasteiger charge is -2.33. The van der Waals surface area contributed by atoms with Crippen molar-refractivity contribution >= 4 is 0 Å².